The average molecular weight is 641 g/mol. The highest BCUT2D eigenvalue weighted by molar-refractivity contribution is 6.05. The van der Waals surface area contributed by atoms with Crippen molar-refractivity contribution in [3.05, 3.63) is 53.3 Å². The summed E-state index contributed by atoms with van der Waals surface area (Å²) < 4.78 is 52.0. The molecule has 3 N–H and O–H groups in total. The summed E-state index contributed by atoms with van der Waals surface area (Å²) in [5, 5.41) is 8.83. The number of halogens is 3. The number of amides is 2. The molecule has 2 fully saturated rings. The molecule has 0 saturated carbocycles. The summed E-state index contributed by atoms with van der Waals surface area (Å²) in [6.07, 6.45) is -0.583. The number of imidazole rings is 1. The molecule has 3 heterocycles. The molecule has 2 aliphatic heterocycles. The monoisotopic (exact) mass is 640 g/mol. The Kier molecular flexibility index (Phi) is 10.4. The molecule has 5 rings (SSSR count). The number of carbonyl (C=O) groups is 2. The lowest BCUT2D eigenvalue weighted by Gasteiger charge is -2.42. The van der Waals surface area contributed by atoms with Crippen molar-refractivity contribution in [3.8, 4) is 17.6 Å². The Morgan fingerprint density at radius 2 is 1.91 bits per heavy atom. The molecule has 1 aromatic heterocycles. The Balaban J connectivity index is 1.34. The molecule has 46 heavy (non-hydrogen) atoms. The standard InChI is InChI=1S/C33H39F3N6O4/c1-21-18-41(24-9-13-46-14-10-24)12-8-26(21)40-32(44)25-15-22(16-28-30(25)39-20-42(28)19-33(34,35)36)5-4-11-38-27-7-6-23(31(43)37-2)17-29(27)45-3/h6-7,15-17,20-21,24,26,38H,8-14,18-19H2,1-3H3,(H,37,43)(H,40,44)/t21-,26?/m0/s1. The number of hydrogen-bond donors (Lipinski definition) is 3. The Hall–Kier alpha value is -4.28. The molecule has 0 radical (unpaired) electrons. The van der Waals surface area contributed by atoms with Gasteiger partial charge in [-0.3, -0.25) is 14.5 Å². The van der Waals surface area contributed by atoms with E-state index in [4.69, 9.17) is 9.47 Å². The molecule has 13 heteroatoms. The van der Waals surface area contributed by atoms with Crippen LogP contribution in [0.5, 0.6) is 5.75 Å². The van der Waals surface area contributed by atoms with Crippen molar-refractivity contribution < 1.29 is 32.2 Å². The number of aromatic nitrogens is 2. The summed E-state index contributed by atoms with van der Waals surface area (Å²) in [5.74, 6) is 5.95. The van der Waals surface area contributed by atoms with Crippen LogP contribution in [0.2, 0.25) is 0 Å². The highest BCUT2D eigenvalue weighted by atomic mass is 19.4. The van der Waals surface area contributed by atoms with Crippen LogP contribution >= 0.6 is 0 Å². The van der Waals surface area contributed by atoms with E-state index in [1.165, 1.54) is 20.2 Å². The second-order valence-electron chi connectivity index (χ2n) is 11.7. The van der Waals surface area contributed by atoms with E-state index in [9.17, 15) is 22.8 Å². The maximum Gasteiger partial charge on any atom is 0.406 e. The third kappa shape index (κ3) is 7.92. The summed E-state index contributed by atoms with van der Waals surface area (Å²) in [6, 6.07) is 8.45. The van der Waals surface area contributed by atoms with Crippen molar-refractivity contribution in [3.63, 3.8) is 0 Å². The number of hydrogen-bond acceptors (Lipinski definition) is 7. The Labute approximate surface area is 266 Å². The first kappa shape index (κ1) is 33.1. The van der Waals surface area contributed by atoms with Gasteiger partial charge in [0, 0.05) is 56.6 Å². The molecule has 2 saturated heterocycles. The van der Waals surface area contributed by atoms with Crippen LogP contribution in [-0.2, 0) is 11.3 Å². The molecule has 1 unspecified atom stereocenters. The number of nitrogens with zero attached hydrogens (tertiary/aromatic N) is 3. The molecule has 0 aliphatic carbocycles. The van der Waals surface area contributed by atoms with Crippen molar-refractivity contribution in [1.29, 1.82) is 0 Å². The number of likely N-dealkylation sites (tertiary alicyclic amines) is 1. The average Bonchev–Trinajstić information content (AvgIpc) is 3.44. The van der Waals surface area contributed by atoms with Gasteiger partial charge in [0.05, 0.1) is 36.7 Å². The van der Waals surface area contributed by atoms with E-state index in [1.54, 1.807) is 24.3 Å². The lowest BCUT2D eigenvalue weighted by atomic mass is 9.91. The zero-order valence-electron chi connectivity index (χ0n) is 26.2. The second-order valence-corrected chi connectivity index (χ2v) is 11.7. The van der Waals surface area contributed by atoms with Crippen molar-refractivity contribution in [2.75, 3.05) is 52.3 Å². The van der Waals surface area contributed by atoms with Crippen LogP contribution in [0.1, 0.15) is 52.5 Å². The van der Waals surface area contributed by atoms with E-state index < -0.39 is 12.7 Å². The summed E-state index contributed by atoms with van der Waals surface area (Å²) >= 11 is 0. The van der Waals surface area contributed by atoms with E-state index in [0.29, 0.717) is 28.6 Å². The highest BCUT2D eigenvalue weighted by Crippen LogP contribution is 2.28. The van der Waals surface area contributed by atoms with Gasteiger partial charge in [0.15, 0.2) is 0 Å². The fraction of sp³-hybridized carbons (Fsp3) is 0.485. The quantitative estimate of drug-likeness (QED) is 0.319. The second kappa shape index (κ2) is 14.4. The molecule has 0 bridgehead atoms. The molecule has 2 aromatic carbocycles. The summed E-state index contributed by atoms with van der Waals surface area (Å²) in [4.78, 5) is 32.3. The largest absolute Gasteiger partial charge is 0.495 e. The van der Waals surface area contributed by atoms with Crippen molar-refractivity contribution in [1.82, 2.24) is 25.1 Å². The van der Waals surface area contributed by atoms with Crippen LogP contribution in [0.15, 0.2) is 36.7 Å². The molecular weight excluding hydrogens is 601 g/mol. The fourth-order valence-electron chi connectivity index (χ4n) is 6.16. The summed E-state index contributed by atoms with van der Waals surface area (Å²) in [6.45, 7) is 4.28. The van der Waals surface area contributed by atoms with Gasteiger partial charge in [-0.25, -0.2) is 4.98 Å². The van der Waals surface area contributed by atoms with Gasteiger partial charge in [0.25, 0.3) is 11.8 Å². The molecule has 246 valence electrons. The van der Waals surface area contributed by atoms with Crippen LogP contribution in [0.3, 0.4) is 0 Å². The molecule has 2 atom stereocenters. The number of methoxy groups -OCH3 is 1. The van der Waals surface area contributed by atoms with Gasteiger partial charge in [-0.1, -0.05) is 18.8 Å². The van der Waals surface area contributed by atoms with E-state index >= 15 is 0 Å². The molecular formula is C33H39F3N6O4. The number of nitrogens with one attached hydrogen (secondary N) is 3. The third-order valence-corrected chi connectivity index (χ3v) is 8.57. The van der Waals surface area contributed by atoms with Gasteiger partial charge in [-0.15, -0.1) is 0 Å². The van der Waals surface area contributed by atoms with Gasteiger partial charge >= 0.3 is 6.18 Å². The smallest absolute Gasteiger partial charge is 0.406 e. The molecule has 2 amide bonds. The van der Waals surface area contributed by atoms with E-state index in [-0.39, 0.29) is 46.9 Å². The minimum Gasteiger partial charge on any atom is -0.495 e. The molecule has 2 aliphatic rings. The topological polar surface area (TPSA) is 110 Å². The summed E-state index contributed by atoms with van der Waals surface area (Å²) in [5.41, 5.74) is 1.98. The minimum atomic E-state index is -4.47. The number of anilines is 1. The molecule has 10 nitrogen and oxygen atoms in total. The summed E-state index contributed by atoms with van der Waals surface area (Å²) in [7, 11) is 3.03. The number of alkyl halides is 3. The van der Waals surface area contributed by atoms with Gasteiger partial charge in [0.2, 0.25) is 0 Å². The predicted molar refractivity (Wildman–Crippen MR) is 168 cm³/mol. The highest BCUT2D eigenvalue weighted by Gasteiger charge is 2.33. The van der Waals surface area contributed by atoms with Crippen molar-refractivity contribution in [2.45, 2.75) is 51.0 Å². The number of ether oxygens (including phenoxy) is 2. The van der Waals surface area contributed by atoms with Gasteiger partial charge in [0.1, 0.15) is 17.8 Å². The van der Waals surface area contributed by atoms with E-state index in [0.717, 1.165) is 56.5 Å². The first-order chi connectivity index (χ1) is 22.1. The van der Waals surface area contributed by atoms with Crippen LogP contribution in [0.25, 0.3) is 11.0 Å². The minimum absolute atomic E-state index is 0.0837. The van der Waals surface area contributed by atoms with Crippen LogP contribution in [-0.4, -0.2) is 91.5 Å². The van der Waals surface area contributed by atoms with E-state index in [1.807, 2.05) is 0 Å². The predicted octanol–water partition coefficient (Wildman–Crippen LogP) is 4.05. The lowest BCUT2D eigenvalue weighted by molar-refractivity contribution is -0.139. The Morgan fingerprint density at radius 3 is 2.61 bits per heavy atom. The van der Waals surface area contributed by atoms with Gasteiger partial charge < -0.3 is 30.0 Å². The molecule has 3 aromatic rings. The van der Waals surface area contributed by atoms with Gasteiger partial charge in [-0.2, -0.15) is 13.2 Å². The number of piperidine rings is 1. The number of fused-ring (bicyclic) bond motifs is 1. The normalized spacial score (nSPS) is 19.3. The maximum absolute atomic E-state index is 13.7. The zero-order chi connectivity index (χ0) is 32.8. The molecule has 0 spiro atoms. The number of rotatable bonds is 8. The maximum atomic E-state index is 13.7. The van der Waals surface area contributed by atoms with Crippen LogP contribution < -0.4 is 20.7 Å². The first-order valence-corrected chi connectivity index (χ1v) is 15.4. The number of benzene rings is 2. The number of carbonyl (C=O) groups excluding carboxylic acids is 2. The van der Waals surface area contributed by atoms with Crippen molar-refractivity contribution >= 4 is 28.5 Å². The van der Waals surface area contributed by atoms with E-state index in [2.05, 4.69) is 44.6 Å². The van der Waals surface area contributed by atoms with Crippen molar-refractivity contribution in [2.24, 2.45) is 5.92 Å². The SMILES string of the molecule is CNC(=O)c1ccc(NCC#Cc2cc(C(=O)NC3CCN(C4CCOCC4)C[C@@H]3C)c3ncn(CC(F)(F)F)c3c2)c(OC)c1. The van der Waals surface area contributed by atoms with Crippen LogP contribution in [0, 0.1) is 17.8 Å². The first-order valence-electron chi connectivity index (χ1n) is 15.4. The Bertz CT molecular complexity index is 1620. The Morgan fingerprint density at radius 1 is 1.13 bits per heavy atom. The van der Waals surface area contributed by atoms with Gasteiger partial charge in [-0.05, 0) is 55.5 Å². The van der Waals surface area contributed by atoms with Crippen LogP contribution in [0.4, 0.5) is 18.9 Å². The third-order valence-electron chi connectivity index (χ3n) is 8.57. The zero-order valence-corrected chi connectivity index (χ0v) is 26.2. The lowest BCUT2D eigenvalue weighted by Crippen LogP contribution is -2.53. The fourth-order valence-corrected chi connectivity index (χ4v) is 6.16.